The van der Waals surface area contributed by atoms with Crippen LogP contribution in [-0.2, 0) is 0 Å². The fraction of sp³-hybridized carbons (Fsp3) is 0. The quantitative estimate of drug-likeness (QED) is 0.362. The summed E-state index contributed by atoms with van der Waals surface area (Å²) in [5, 5.41) is 7.93. The topological polar surface area (TPSA) is 67.8 Å². The number of halogens is 1. The van der Waals surface area contributed by atoms with Gasteiger partial charge in [0.25, 0.3) is 5.91 Å². The second kappa shape index (κ2) is 7.35. The third kappa shape index (κ3) is 3.39. The average molecular weight is 461 g/mol. The van der Waals surface area contributed by atoms with Crippen molar-refractivity contribution < 1.29 is 4.79 Å². The van der Waals surface area contributed by atoms with Crippen LogP contribution < -0.4 is 5.32 Å². The number of nitrogens with zero attached hydrogens (tertiary/aromatic N) is 3. The summed E-state index contributed by atoms with van der Waals surface area (Å²) >= 11 is 4.74. The lowest BCUT2D eigenvalue weighted by Crippen LogP contribution is -2.13. The monoisotopic (exact) mass is 460 g/mol. The average Bonchev–Trinajstić information content (AvgIpc) is 3.23. The van der Waals surface area contributed by atoms with Gasteiger partial charge in [-0.25, -0.2) is 4.98 Å². The molecule has 2 aromatic heterocycles. The minimum atomic E-state index is -0.179. The minimum Gasteiger partial charge on any atom is -0.322 e. The van der Waals surface area contributed by atoms with Crippen LogP contribution in [0.25, 0.3) is 32.4 Å². The Balaban J connectivity index is 1.65. The van der Waals surface area contributed by atoms with Gasteiger partial charge in [0.05, 0.1) is 21.5 Å². The van der Waals surface area contributed by atoms with Gasteiger partial charge >= 0.3 is 0 Å². The molecule has 0 aliphatic carbocycles. The number of carbonyl (C=O) groups excluding carboxylic acids is 1. The van der Waals surface area contributed by atoms with E-state index in [-0.39, 0.29) is 5.91 Å². The molecule has 1 amide bonds. The van der Waals surface area contributed by atoms with E-state index < -0.39 is 0 Å². The summed E-state index contributed by atoms with van der Waals surface area (Å²) in [7, 11) is 0. The predicted molar refractivity (Wildman–Crippen MR) is 120 cm³/mol. The summed E-state index contributed by atoms with van der Waals surface area (Å²) in [6, 6.07) is 22.8. The SMILES string of the molecule is O=C(Nc1ccc(Br)cc1)c1cc(-c2cccc3nnsc23)nc2ccccc12. The number of pyridine rings is 1. The van der Waals surface area contributed by atoms with E-state index in [0.29, 0.717) is 5.56 Å². The van der Waals surface area contributed by atoms with Crippen LogP contribution in [0.3, 0.4) is 0 Å². The second-order valence-electron chi connectivity index (χ2n) is 6.46. The number of para-hydroxylation sites is 1. The van der Waals surface area contributed by atoms with Gasteiger partial charge in [0, 0.05) is 21.1 Å². The van der Waals surface area contributed by atoms with Crippen LogP contribution in [0.1, 0.15) is 10.4 Å². The highest BCUT2D eigenvalue weighted by Gasteiger charge is 2.16. The molecule has 0 aliphatic rings. The number of hydrogen-bond donors (Lipinski definition) is 1. The van der Waals surface area contributed by atoms with E-state index in [9.17, 15) is 4.79 Å². The fourth-order valence-electron chi connectivity index (χ4n) is 3.24. The van der Waals surface area contributed by atoms with Crippen LogP contribution in [0, 0.1) is 0 Å². The van der Waals surface area contributed by atoms with E-state index in [0.717, 1.165) is 42.5 Å². The zero-order valence-electron chi connectivity index (χ0n) is 15.0. The molecule has 0 unspecified atom stereocenters. The smallest absolute Gasteiger partial charge is 0.256 e. The van der Waals surface area contributed by atoms with Crippen LogP contribution in [0.5, 0.6) is 0 Å². The van der Waals surface area contributed by atoms with Crippen molar-refractivity contribution in [3.05, 3.63) is 82.8 Å². The Morgan fingerprint density at radius 2 is 1.72 bits per heavy atom. The summed E-state index contributed by atoms with van der Waals surface area (Å²) in [5.74, 6) is -0.179. The first-order valence-corrected chi connectivity index (χ1v) is 10.4. The molecule has 140 valence electrons. The maximum atomic E-state index is 13.1. The molecule has 0 bridgehead atoms. The zero-order chi connectivity index (χ0) is 19.8. The zero-order valence-corrected chi connectivity index (χ0v) is 17.4. The molecule has 1 N–H and O–H groups in total. The van der Waals surface area contributed by atoms with Crippen molar-refractivity contribution in [1.82, 2.24) is 14.6 Å². The van der Waals surface area contributed by atoms with Crippen molar-refractivity contribution in [2.75, 3.05) is 5.32 Å². The first-order valence-electron chi connectivity index (χ1n) is 8.87. The van der Waals surface area contributed by atoms with Crippen LogP contribution in [0.2, 0.25) is 0 Å². The molecule has 5 rings (SSSR count). The Morgan fingerprint density at radius 1 is 0.931 bits per heavy atom. The molecule has 7 heteroatoms. The summed E-state index contributed by atoms with van der Waals surface area (Å²) < 4.78 is 5.96. The van der Waals surface area contributed by atoms with Gasteiger partial charge in [0.15, 0.2) is 0 Å². The maximum Gasteiger partial charge on any atom is 0.256 e. The number of amides is 1. The molecule has 0 aliphatic heterocycles. The van der Waals surface area contributed by atoms with Crippen molar-refractivity contribution in [1.29, 1.82) is 0 Å². The van der Waals surface area contributed by atoms with E-state index >= 15 is 0 Å². The lowest BCUT2D eigenvalue weighted by molar-refractivity contribution is 0.102. The Morgan fingerprint density at radius 3 is 2.59 bits per heavy atom. The largest absolute Gasteiger partial charge is 0.322 e. The summed E-state index contributed by atoms with van der Waals surface area (Å²) in [4.78, 5) is 17.9. The molecule has 29 heavy (non-hydrogen) atoms. The normalized spacial score (nSPS) is 11.1. The van der Waals surface area contributed by atoms with Crippen LogP contribution in [0.4, 0.5) is 5.69 Å². The van der Waals surface area contributed by atoms with Gasteiger partial charge in [-0.15, -0.1) is 5.10 Å². The third-order valence-corrected chi connectivity index (χ3v) is 5.92. The standard InChI is InChI=1S/C22H13BrN4OS/c23-13-8-10-14(11-9-13)24-22(28)17-12-20(25-18-6-2-1-4-15(17)18)16-5-3-7-19-21(16)29-27-26-19/h1-12H,(H,24,28). The van der Waals surface area contributed by atoms with Gasteiger partial charge in [-0.1, -0.05) is 50.8 Å². The van der Waals surface area contributed by atoms with Gasteiger partial charge < -0.3 is 5.32 Å². The molecule has 0 fully saturated rings. The lowest BCUT2D eigenvalue weighted by atomic mass is 10.0. The lowest BCUT2D eigenvalue weighted by Gasteiger charge is -2.11. The van der Waals surface area contributed by atoms with E-state index in [1.165, 1.54) is 11.5 Å². The van der Waals surface area contributed by atoms with Gasteiger partial charge in [-0.2, -0.15) is 0 Å². The highest BCUT2D eigenvalue weighted by molar-refractivity contribution is 9.10. The van der Waals surface area contributed by atoms with Crippen molar-refractivity contribution in [2.45, 2.75) is 0 Å². The third-order valence-electron chi connectivity index (χ3n) is 4.61. The summed E-state index contributed by atoms with van der Waals surface area (Å²) in [6.45, 7) is 0. The van der Waals surface area contributed by atoms with Crippen molar-refractivity contribution in [3.8, 4) is 11.3 Å². The number of aromatic nitrogens is 3. The number of fused-ring (bicyclic) bond motifs is 2. The van der Waals surface area contributed by atoms with E-state index in [1.807, 2.05) is 72.8 Å². The molecule has 5 nitrogen and oxygen atoms in total. The molecule has 0 atom stereocenters. The molecule has 3 aromatic carbocycles. The maximum absolute atomic E-state index is 13.1. The number of rotatable bonds is 3. The Kier molecular flexibility index (Phi) is 4.54. The first-order chi connectivity index (χ1) is 14.2. The Hall–Kier alpha value is -3.16. The number of anilines is 1. The number of nitrogens with one attached hydrogen (secondary N) is 1. The van der Waals surface area contributed by atoms with E-state index in [1.54, 1.807) is 0 Å². The molecule has 0 saturated carbocycles. The highest BCUT2D eigenvalue weighted by Crippen LogP contribution is 2.31. The first kappa shape index (κ1) is 17.9. The number of hydrogen-bond acceptors (Lipinski definition) is 5. The molecule has 0 radical (unpaired) electrons. The van der Waals surface area contributed by atoms with Crippen molar-refractivity contribution in [3.63, 3.8) is 0 Å². The van der Waals surface area contributed by atoms with E-state index in [2.05, 4.69) is 30.8 Å². The second-order valence-corrected chi connectivity index (χ2v) is 8.13. The number of benzene rings is 3. The summed E-state index contributed by atoms with van der Waals surface area (Å²) in [5.41, 5.74) is 4.53. The Labute approximate surface area is 178 Å². The summed E-state index contributed by atoms with van der Waals surface area (Å²) in [6.07, 6.45) is 0. The molecular formula is C22H13BrN4OS. The molecular weight excluding hydrogens is 448 g/mol. The predicted octanol–water partition coefficient (Wildman–Crippen LogP) is 5.92. The number of carbonyl (C=O) groups is 1. The van der Waals surface area contributed by atoms with Crippen molar-refractivity contribution >= 4 is 60.2 Å². The highest BCUT2D eigenvalue weighted by atomic mass is 79.9. The van der Waals surface area contributed by atoms with Gasteiger partial charge in [-0.3, -0.25) is 4.79 Å². The van der Waals surface area contributed by atoms with Crippen LogP contribution >= 0.6 is 27.5 Å². The van der Waals surface area contributed by atoms with E-state index in [4.69, 9.17) is 4.98 Å². The van der Waals surface area contributed by atoms with Gasteiger partial charge in [0.2, 0.25) is 0 Å². The molecule has 0 spiro atoms. The fourth-order valence-corrected chi connectivity index (χ4v) is 4.19. The minimum absolute atomic E-state index is 0.179. The molecule has 2 heterocycles. The molecule has 0 saturated heterocycles. The Bertz CT molecular complexity index is 1360. The van der Waals surface area contributed by atoms with Gasteiger partial charge in [0.1, 0.15) is 5.52 Å². The van der Waals surface area contributed by atoms with Crippen LogP contribution in [-0.4, -0.2) is 20.5 Å². The van der Waals surface area contributed by atoms with Crippen molar-refractivity contribution in [2.24, 2.45) is 0 Å². The van der Waals surface area contributed by atoms with Crippen LogP contribution in [0.15, 0.2) is 77.3 Å². The van der Waals surface area contributed by atoms with Gasteiger partial charge in [-0.05, 0) is 54.0 Å². The molecule has 5 aromatic rings.